The van der Waals surface area contributed by atoms with Crippen LogP contribution in [0.25, 0.3) is 0 Å². The predicted molar refractivity (Wildman–Crippen MR) is 146 cm³/mol. The van der Waals surface area contributed by atoms with Crippen LogP contribution in [0.5, 0.6) is 5.75 Å². The number of ether oxygens (including phenoxy) is 1. The van der Waals surface area contributed by atoms with Gasteiger partial charge in [0.05, 0.1) is 22.2 Å². The Kier molecular flexibility index (Phi) is 6.58. The number of H-pyrrole nitrogens is 1. The molecule has 1 saturated heterocycles. The average molecular weight is 583 g/mol. The molecule has 0 bridgehead atoms. The summed E-state index contributed by atoms with van der Waals surface area (Å²) < 4.78 is 47.4. The number of carbonyl (C=O) groups is 2. The third-order valence-corrected chi connectivity index (χ3v) is 9.57. The fraction of sp³-hybridized carbons (Fsp3) is 0.207. The van der Waals surface area contributed by atoms with Gasteiger partial charge in [-0.25, -0.2) is 4.90 Å². The van der Waals surface area contributed by atoms with Gasteiger partial charge in [0, 0.05) is 10.8 Å². The van der Waals surface area contributed by atoms with E-state index in [0.717, 1.165) is 46.4 Å². The normalized spacial score (nSPS) is 20.4. The van der Waals surface area contributed by atoms with Crippen molar-refractivity contribution in [3.8, 4) is 5.75 Å². The zero-order valence-electron chi connectivity index (χ0n) is 20.9. The summed E-state index contributed by atoms with van der Waals surface area (Å²) in [5.74, 6) is -2.56. The molecule has 2 aliphatic heterocycles. The lowest BCUT2D eigenvalue weighted by Gasteiger charge is -2.29. The first kappa shape index (κ1) is 26.4. The van der Waals surface area contributed by atoms with E-state index in [-0.39, 0.29) is 4.87 Å². The molecule has 0 spiro atoms. The summed E-state index contributed by atoms with van der Waals surface area (Å²) in [6, 6.07) is 19.4. The van der Waals surface area contributed by atoms with Crippen LogP contribution in [-0.4, -0.2) is 22.0 Å². The van der Waals surface area contributed by atoms with Crippen molar-refractivity contribution >= 4 is 40.6 Å². The molecule has 0 aliphatic carbocycles. The number of nitrogens with one attached hydrogen (secondary N) is 1. The number of fused-ring (bicyclic) bond motifs is 2. The number of aryl methyl sites for hydroxylation is 1. The van der Waals surface area contributed by atoms with Crippen LogP contribution in [0.2, 0.25) is 0 Å². The van der Waals surface area contributed by atoms with Gasteiger partial charge < -0.3 is 9.72 Å². The number of nitrogens with zero attached hydrogens (tertiary/aromatic N) is 1. The van der Waals surface area contributed by atoms with Crippen molar-refractivity contribution in [2.45, 2.75) is 35.9 Å². The topological polar surface area (TPSA) is 79.5 Å². The number of para-hydroxylation sites is 1. The number of aromatic amines is 1. The van der Waals surface area contributed by atoms with E-state index in [0.29, 0.717) is 32.7 Å². The molecule has 0 saturated carbocycles. The predicted octanol–water partition coefficient (Wildman–Crippen LogP) is 6.14. The Morgan fingerprint density at radius 1 is 0.925 bits per heavy atom. The molecule has 3 aromatic carbocycles. The summed E-state index contributed by atoms with van der Waals surface area (Å²) in [5, 5.41) is -0.540. The molecule has 0 radical (unpaired) electrons. The number of halogens is 3. The summed E-state index contributed by atoms with van der Waals surface area (Å²) in [6.07, 6.45) is -4.75. The second-order valence-corrected chi connectivity index (χ2v) is 11.7. The fourth-order valence-electron chi connectivity index (χ4n) is 5.23. The maximum atomic E-state index is 13.8. The molecule has 4 aromatic rings. The average Bonchev–Trinajstić information content (AvgIpc) is 3.42. The minimum Gasteiger partial charge on any atom is -0.489 e. The third kappa shape index (κ3) is 4.52. The molecule has 2 amide bonds. The number of hydrogen-bond acceptors (Lipinski definition) is 6. The standard InChI is InChI=1S/C29H21F3N2O4S2/c1-15-6-2-3-7-17(15)14-38-18-12-10-16(11-13-18)21-22-24(39-25-23(21)40-28(37)33-25)27(36)34(26(22)35)20-9-5-4-8-19(20)29(30,31)32/h2-13,21-22,24H,14H2,1H3,(H,33,37). The van der Waals surface area contributed by atoms with E-state index in [1.807, 2.05) is 31.2 Å². The molecule has 11 heteroatoms. The molecule has 1 fully saturated rings. The van der Waals surface area contributed by atoms with Crippen LogP contribution in [0.1, 0.15) is 33.0 Å². The molecule has 3 atom stereocenters. The summed E-state index contributed by atoms with van der Waals surface area (Å²) in [4.78, 5) is 43.3. The van der Waals surface area contributed by atoms with Crippen molar-refractivity contribution in [2.75, 3.05) is 4.90 Å². The van der Waals surface area contributed by atoms with Crippen molar-refractivity contribution in [3.05, 3.63) is 110 Å². The van der Waals surface area contributed by atoms with E-state index in [2.05, 4.69) is 4.98 Å². The van der Waals surface area contributed by atoms with Crippen molar-refractivity contribution in [1.29, 1.82) is 0 Å². The second kappa shape index (κ2) is 9.97. The number of carbonyl (C=O) groups excluding carboxylic acids is 2. The molecule has 1 aromatic heterocycles. The zero-order valence-corrected chi connectivity index (χ0v) is 22.5. The lowest BCUT2D eigenvalue weighted by Crippen LogP contribution is -2.33. The van der Waals surface area contributed by atoms with Crippen molar-refractivity contribution in [2.24, 2.45) is 5.92 Å². The SMILES string of the molecule is Cc1ccccc1COc1ccc(C2c3sc(=O)[nH]c3SC3C(=O)N(c4ccccc4C(F)(F)F)C(=O)C32)cc1. The van der Waals surface area contributed by atoms with Gasteiger partial charge in [-0.15, -0.1) is 0 Å². The van der Waals surface area contributed by atoms with E-state index in [4.69, 9.17) is 4.74 Å². The van der Waals surface area contributed by atoms with Crippen LogP contribution in [-0.2, 0) is 22.4 Å². The van der Waals surface area contributed by atoms with Gasteiger partial charge in [-0.05, 0) is 47.9 Å². The van der Waals surface area contributed by atoms with Gasteiger partial charge in [-0.3, -0.25) is 14.4 Å². The summed E-state index contributed by atoms with van der Waals surface area (Å²) in [6.45, 7) is 2.36. The first-order valence-corrected chi connectivity index (χ1v) is 14.0. The van der Waals surface area contributed by atoms with Crippen LogP contribution >= 0.6 is 23.1 Å². The maximum Gasteiger partial charge on any atom is 0.418 e. The van der Waals surface area contributed by atoms with Gasteiger partial charge in [0.15, 0.2) is 0 Å². The Labute approximate surface area is 234 Å². The molecular weight excluding hydrogens is 561 g/mol. The van der Waals surface area contributed by atoms with E-state index in [1.165, 1.54) is 12.1 Å². The van der Waals surface area contributed by atoms with E-state index in [9.17, 15) is 27.6 Å². The number of imide groups is 1. The minimum absolute atomic E-state index is 0.333. The van der Waals surface area contributed by atoms with Crippen molar-refractivity contribution in [1.82, 2.24) is 4.98 Å². The molecule has 1 N–H and O–H groups in total. The highest BCUT2D eigenvalue weighted by atomic mass is 32.2. The Hall–Kier alpha value is -3.83. The monoisotopic (exact) mass is 582 g/mol. The zero-order chi connectivity index (χ0) is 28.2. The number of amides is 2. The van der Waals surface area contributed by atoms with E-state index < -0.39 is 46.3 Å². The minimum atomic E-state index is -4.75. The van der Waals surface area contributed by atoms with Crippen LogP contribution < -0.4 is 14.5 Å². The highest BCUT2D eigenvalue weighted by Crippen LogP contribution is 2.54. The molecule has 6 rings (SSSR count). The lowest BCUT2D eigenvalue weighted by molar-refractivity contribution is -0.137. The third-order valence-electron chi connectivity index (χ3n) is 7.17. The van der Waals surface area contributed by atoms with Crippen LogP contribution in [0.15, 0.2) is 82.6 Å². The molecule has 6 nitrogen and oxygen atoms in total. The summed E-state index contributed by atoms with van der Waals surface area (Å²) in [7, 11) is 0. The number of benzene rings is 3. The fourth-order valence-corrected chi connectivity index (χ4v) is 7.74. The van der Waals surface area contributed by atoms with Crippen molar-refractivity contribution < 1.29 is 27.5 Å². The smallest absolute Gasteiger partial charge is 0.418 e. The Morgan fingerprint density at radius 2 is 1.62 bits per heavy atom. The molecule has 3 heterocycles. The van der Waals surface area contributed by atoms with E-state index >= 15 is 0 Å². The number of thiazole rings is 1. The van der Waals surface area contributed by atoms with Crippen molar-refractivity contribution in [3.63, 3.8) is 0 Å². The quantitative estimate of drug-likeness (QED) is 0.286. The molecule has 204 valence electrons. The highest BCUT2D eigenvalue weighted by Gasteiger charge is 2.57. The molecule has 3 unspecified atom stereocenters. The van der Waals surface area contributed by atoms with Crippen LogP contribution in [0.4, 0.5) is 18.9 Å². The first-order valence-electron chi connectivity index (χ1n) is 12.3. The number of aromatic nitrogens is 1. The van der Waals surface area contributed by atoms with Gasteiger partial charge >= 0.3 is 11.0 Å². The lowest BCUT2D eigenvalue weighted by atomic mass is 9.83. The van der Waals surface area contributed by atoms with E-state index in [1.54, 1.807) is 24.3 Å². The number of hydrogen-bond donors (Lipinski definition) is 1. The number of alkyl halides is 3. The van der Waals surface area contributed by atoms with Gasteiger partial charge in [-0.1, -0.05) is 71.6 Å². The Balaban J connectivity index is 1.36. The summed E-state index contributed by atoms with van der Waals surface area (Å²) >= 11 is 1.96. The number of thioether (sulfide) groups is 1. The molecular formula is C29H21F3N2O4S2. The largest absolute Gasteiger partial charge is 0.489 e. The van der Waals surface area contributed by atoms with Crippen LogP contribution in [0, 0.1) is 12.8 Å². The summed E-state index contributed by atoms with van der Waals surface area (Å²) in [5.41, 5.74) is 1.24. The Morgan fingerprint density at radius 3 is 2.35 bits per heavy atom. The molecule has 2 aliphatic rings. The van der Waals surface area contributed by atoms with Crippen LogP contribution in [0.3, 0.4) is 0 Å². The first-order chi connectivity index (χ1) is 19.1. The molecule has 40 heavy (non-hydrogen) atoms. The van der Waals surface area contributed by atoms with Gasteiger partial charge in [0.2, 0.25) is 11.8 Å². The highest BCUT2D eigenvalue weighted by molar-refractivity contribution is 8.00. The number of anilines is 1. The number of rotatable bonds is 5. The second-order valence-electron chi connectivity index (χ2n) is 9.56. The van der Waals surface area contributed by atoms with Gasteiger partial charge in [-0.2, -0.15) is 13.2 Å². The van der Waals surface area contributed by atoms with Gasteiger partial charge in [0.1, 0.15) is 17.6 Å². The van der Waals surface area contributed by atoms with Gasteiger partial charge in [0.25, 0.3) is 0 Å². The maximum absolute atomic E-state index is 13.8. The Bertz CT molecular complexity index is 1680.